The van der Waals surface area contributed by atoms with Crippen LogP contribution in [0, 0.1) is 0 Å². The lowest BCUT2D eigenvalue weighted by molar-refractivity contribution is 0.0534. The van der Waals surface area contributed by atoms with Crippen molar-refractivity contribution in [3.63, 3.8) is 0 Å². The van der Waals surface area contributed by atoms with Crippen molar-refractivity contribution in [2.45, 2.75) is 19.1 Å². The molecule has 1 aromatic rings. The highest BCUT2D eigenvalue weighted by atomic mass is 79.9. The summed E-state index contributed by atoms with van der Waals surface area (Å²) in [4.78, 5) is 11.9. The van der Waals surface area contributed by atoms with Crippen molar-refractivity contribution in [3.05, 3.63) is 10.8 Å². The molecular formula is C9H10BrF2N3O3. The van der Waals surface area contributed by atoms with Crippen LogP contribution in [0.25, 0.3) is 0 Å². The van der Waals surface area contributed by atoms with Gasteiger partial charge < -0.3 is 14.7 Å². The van der Waals surface area contributed by atoms with Gasteiger partial charge >= 0.3 is 12.6 Å². The maximum Gasteiger partial charge on any atom is 0.407 e. The van der Waals surface area contributed by atoms with Gasteiger partial charge in [0.05, 0.1) is 12.7 Å². The Morgan fingerprint density at radius 1 is 1.67 bits per heavy atom. The molecule has 1 N–H and O–H groups in total. The Morgan fingerprint density at radius 3 is 2.89 bits per heavy atom. The molecule has 2 heterocycles. The summed E-state index contributed by atoms with van der Waals surface area (Å²) in [5.74, 6) is 0.188. The molecule has 0 spiro atoms. The van der Waals surface area contributed by atoms with Crippen LogP contribution >= 0.6 is 15.9 Å². The third-order valence-corrected chi connectivity index (χ3v) is 3.35. The number of carboxylic acid groups (broad SMARTS) is 1. The van der Waals surface area contributed by atoms with Gasteiger partial charge in [-0.15, -0.1) is 0 Å². The fraction of sp³-hybridized carbons (Fsp3) is 0.556. The lowest BCUT2D eigenvalue weighted by Crippen LogP contribution is -2.29. The number of ether oxygens (including phenoxy) is 1. The first kappa shape index (κ1) is 13.1. The minimum atomic E-state index is -2.75. The summed E-state index contributed by atoms with van der Waals surface area (Å²) in [6, 6.07) is 0. The first-order valence-corrected chi connectivity index (χ1v) is 5.94. The van der Waals surface area contributed by atoms with Crippen molar-refractivity contribution in [1.29, 1.82) is 0 Å². The van der Waals surface area contributed by atoms with Gasteiger partial charge in [0.15, 0.2) is 10.4 Å². The van der Waals surface area contributed by atoms with E-state index < -0.39 is 12.6 Å². The second kappa shape index (κ2) is 5.09. The van der Waals surface area contributed by atoms with E-state index in [1.807, 2.05) is 0 Å². The Morgan fingerprint density at radius 2 is 2.39 bits per heavy atom. The fourth-order valence-electron chi connectivity index (χ4n) is 1.72. The van der Waals surface area contributed by atoms with Crippen LogP contribution in [0.2, 0.25) is 0 Å². The summed E-state index contributed by atoms with van der Waals surface area (Å²) in [6.07, 6.45) is 0.356. The summed E-state index contributed by atoms with van der Waals surface area (Å²) in [5, 5.41) is 12.3. The average Bonchev–Trinajstić information content (AvgIpc) is 2.87. The average molecular weight is 326 g/mol. The van der Waals surface area contributed by atoms with E-state index in [4.69, 9.17) is 9.84 Å². The lowest BCUT2D eigenvalue weighted by atomic mass is 10.3. The van der Waals surface area contributed by atoms with Gasteiger partial charge in [0.2, 0.25) is 0 Å². The Bertz CT molecular complexity index is 454. The molecule has 1 fully saturated rings. The number of hydrogen-bond donors (Lipinski definition) is 1. The Labute approximate surface area is 109 Å². The van der Waals surface area contributed by atoms with Crippen LogP contribution in [0.5, 0.6) is 5.75 Å². The SMILES string of the molecule is O=C(O)N1CC[C@H](Oc2cnn(C(F)F)c2Br)C1. The predicted molar refractivity (Wildman–Crippen MR) is 59.8 cm³/mol. The summed E-state index contributed by atoms with van der Waals surface area (Å²) in [7, 11) is 0. The number of carbonyl (C=O) groups is 1. The largest absolute Gasteiger partial charge is 0.484 e. The number of halogens is 3. The van der Waals surface area contributed by atoms with E-state index in [9.17, 15) is 13.6 Å². The predicted octanol–water partition coefficient (Wildman–Crippen LogP) is 2.17. The van der Waals surface area contributed by atoms with Gasteiger partial charge in [-0.05, 0) is 15.9 Å². The van der Waals surface area contributed by atoms with Gasteiger partial charge in [-0.1, -0.05) is 0 Å². The quantitative estimate of drug-likeness (QED) is 0.924. The topological polar surface area (TPSA) is 67.6 Å². The number of nitrogens with zero attached hydrogens (tertiary/aromatic N) is 3. The first-order chi connectivity index (χ1) is 8.49. The van der Waals surface area contributed by atoms with Crippen molar-refractivity contribution in [1.82, 2.24) is 14.7 Å². The highest BCUT2D eigenvalue weighted by Crippen LogP contribution is 2.30. The van der Waals surface area contributed by atoms with Crippen LogP contribution in [0.1, 0.15) is 13.0 Å². The molecule has 1 atom stereocenters. The van der Waals surface area contributed by atoms with Crippen LogP contribution in [0.3, 0.4) is 0 Å². The molecule has 0 aromatic carbocycles. The summed E-state index contributed by atoms with van der Waals surface area (Å²) < 4.78 is 30.9. The zero-order valence-corrected chi connectivity index (χ0v) is 10.7. The zero-order valence-electron chi connectivity index (χ0n) is 9.09. The molecule has 6 nitrogen and oxygen atoms in total. The third-order valence-electron chi connectivity index (χ3n) is 2.60. The molecule has 1 saturated heterocycles. The minimum Gasteiger partial charge on any atom is -0.484 e. The van der Waals surface area contributed by atoms with Crippen molar-refractivity contribution < 1.29 is 23.4 Å². The van der Waals surface area contributed by atoms with Gasteiger partial charge in [-0.3, -0.25) is 0 Å². The van der Waals surface area contributed by atoms with Crippen LogP contribution in [0.4, 0.5) is 13.6 Å². The molecule has 0 radical (unpaired) electrons. The van der Waals surface area contributed by atoms with Crippen LogP contribution < -0.4 is 4.74 Å². The number of likely N-dealkylation sites (tertiary alicyclic amines) is 1. The van der Waals surface area contributed by atoms with Gasteiger partial charge in [0.1, 0.15) is 6.10 Å². The molecule has 0 aliphatic carbocycles. The molecule has 18 heavy (non-hydrogen) atoms. The highest BCUT2D eigenvalue weighted by Gasteiger charge is 2.28. The van der Waals surface area contributed by atoms with E-state index in [0.717, 1.165) is 0 Å². The molecule has 0 unspecified atom stereocenters. The number of hydrogen-bond acceptors (Lipinski definition) is 3. The second-order valence-electron chi connectivity index (χ2n) is 3.78. The number of amides is 1. The summed E-state index contributed by atoms with van der Waals surface area (Å²) >= 11 is 2.97. The molecule has 1 aromatic heterocycles. The second-order valence-corrected chi connectivity index (χ2v) is 4.53. The van der Waals surface area contributed by atoms with E-state index in [2.05, 4.69) is 21.0 Å². The Hall–Kier alpha value is -1.38. The van der Waals surface area contributed by atoms with Crippen molar-refractivity contribution in [3.8, 4) is 5.75 Å². The normalized spacial score (nSPS) is 19.6. The molecule has 1 aliphatic rings. The highest BCUT2D eigenvalue weighted by molar-refractivity contribution is 9.10. The number of alkyl halides is 2. The monoisotopic (exact) mass is 325 g/mol. The molecule has 1 aliphatic heterocycles. The molecule has 0 bridgehead atoms. The Balaban J connectivity index is 2.01. The molecule has 2 rings (SSSR count). The maximum absolute atomic E-state index is 12.5. The van der Waals surface area contributed by atoms with E-state index in [0.29, 0.717) is 17.6 Å². The third kappa shape index (κ3) is 2.55. The molecular weight excluding hydrogens is 316 g/mol. The Kier molecular flexibility index (Phi) is 3.69. The van der Waals surface area contributed by atoms with Gasteiger partial charge in [-0.25, -0.2) is 4.79 Å². The smallest absolute Gasteiger partial charge is 0.407 e. The van der Waals surface area contributed by atoms with E-state index >= 15 is 0 Å². The first-order valence-electron chi connectivity index (χ1n) is 5.14. The molecule has 100 valence electrons. The number of rotatable bonds is 3. The minimum absolute atomic E-state index is 0.0475. The zero-order chi connectivity index (χ0) is 13.3. The molecule has 0 saturated carbocycles. The van der Waals surface area contributed by atoms with Gasteiger partial charge in [0.25, 0.3) is 0 Å². The standard InChI is InChI=1S/C9H10BrF2N3O3/c10-7-6(3-13-15(7)8(11)12)18-5-1-2-14(4-5)9(16)17/h3,5,8H,1-2,4H2,(H,16,17)/t5-/m0/s1. The van der Waals surface area contributed by atoms with Crippen LogP contribution in [-0.4, -0.2) is 45.1 Å². The van der Waals surface area contributed by atoms with Gasteiger partial charge in [0, 0.05) is 13.0 Å². The van der Waals surface area contributed by atoms with Crippen LogP contribution in [0.15, 0.2) is 10.8 Å². The summed E-state index contributed by atoms with van der Waals surface area (Å²) in [6.45, 7) is -2.15. The summed E-state index contributed by atoms with van der Waals surface area (Å²) in [5.41, 5.74) is 0. The molecule has 1 amide bonds. The van der Waals surface area contributed by atoms with Crippen molar-refractivity contribution in [2.24, 2.45) is 0 Å². The van der Waals surface area contributed by atoms with Crippen molar-refractivity contribution in [2.75, 3.05) is 13.1 Å². The van der Waals surface area contributed by atoms with Crippen LogP contribution in [-0.2, 0) is 0 Å². The fourth-order valence-corrected chi connectivity index (χ4v) is 2.17. The van der Waals surface area contributed by atoms with E-state index in [-0.39, 0.29) is 23.0 Å². The maximum atomic E-state index is 12.5. The van der Waals surface area contributed by atoms with E-state index in [1.54, 1.807) is 0 Å². The number of aromatic nitrogens is 2. The molecule has 9 heteroatoms. The van der Waals surface area contributed by atoms with E-state index in [1.165, 1.54) is 11.1 Å². The van der Waals surface area contributed by atoms with Crippen molar-refractivity contribution >= 4 is 22.0 Å². The van der Waals surface area contributed by atoms with Gasteiger partial charge in [-0.2, -0.15) is 18.6 Å². The lowest BCUT2D eigenvalue weighted by Gasteiger charge is -2.13.